The summed E-state index contributed by atoms with van der Waals surface area (Å²) in [5.41, 5.74) is 5.10. The number of aromatic nitrogens is 3. The van der Waals surface area contributed by atoms with Crippen LogP contribution in [0.5, 0.6) is 0 Å². The Morgan fingerprint density at radius 3 is 2.82 bits per heavy atom. The summed E-state index contributed by atoms with van der Waals surface area (Å²) in [6.45, 7) is 1.84. The monoisotopic (exact) mass is 403 g/mol. The molecule has 0 aromatic heterocycles. The van der Waals surface area contributed by atoms with Crippen LogP contribution in [0.2, 0.25) is 0 Å². The van der Waals surface area contributed by atoms with Crippen molar-refractivity contribution in [2.45, 2.75) is 6.54 Å². The Labute approximate surface area is 141 Å². The molecule has 0 bridgehead atoms. The molecule has 6 heteroatoms. The van der Waals surface area contributed by atoms with E-state index in [-0.39, 0.29) is 0 Å². The van der Waals surface area contributed by atoms with Crippen molar-refractivity contribution in [3.05, 3.63) is 45.7 Å². The van der Waals surface area contributed by atoms with E-state index in [4.69, 9.17) is 0 Å². The van der Waals surface area contributed by atoms with Crippen molar-refractivity contribution in [3.63, 3.8) is 0 Å². The van der Waals surface area contributed by atoms with Gasteiger partial charge in [-0.15, -0.1) is 0 Å². The topological polar surface area (TPSA) is 55.1 Å². The minimum Gasteiger partial charge on any atom is -0.369 e. The number of halogens is 1. The first-order valence-corrected chi connectivity index (χ1v) is 8.18. The Balaban J connectivity index is 2.17. The normalized spacial score (nSPS) is 14.2. The van der Waals surface area contributed by atoms with E-state index in [0.717, 1.165) is 39.2 Å². The molecule has 0 amide bonds. The van der Waals surface area contributed by atoms with Gasteiger partial charge < -0.3 is 9.88 Å². The average molecular weight is 403 g/mol. The lowest BCUT2D eigenvalue weighted by molar-refractivity contribution is 0.805. The summed E-state index contributed by atoms with van der Waals surface area (Å²) in [5.74, 6) is 1.07. The molecule has 3 aliphatic rings. The highest BCUT2D eigenvalue weighted by molar-refractivity contribution is 14.1. The molecule has 22 heavy (non-hydrogen) atoms. The predicted octanol–water partition coefficient (Wildman–Crippen LogP) is 2.61. The molecule has 0 unspecified atom stereocenters. The third kappa shape index (κ3) is 1.93. The molecule has 0 fully saturated rings. The first-order valence-electron chi connectivity index (χ1n) is 7.10. The van der Waals surface area contributed by atoms with Gasteiger partial charge in [0.1, 0.15) is 12.1 Å². The molecule has 1 aromatic rings. The third-order valence-electron chi connectivity index (χ3n) is 3.91. The molecule has 1 N–H and O–H groups in total. The van der Waals surface area contributed by atoms with E-state index >= 15 is 0 Å². The van der Waals surface area contributed by atoms with Crippen LogP contribution in [0, 0.1) is 3.57 Å². The smallest absolute Gasteiger partial charge is 0.162 e. The lowest BCUT2D eigenvalue weighted by Gasteiger charge is -2.20. The van der Waals surface area contributed by atoms with Crippen LogP contribution in [0.1, 0.15) is 0 Å². The Morgan fingerprint density at radius 2 is 2.05 bits per heavy atom. The van der Waals surface area contributed by atoms with E-state index in [1.165, 1.54) is 11.3 Å². The maximum Gasteiger partial charge on any atom is 0.162 e. The fourth-order valence-electron chi connectivity index (χ4n) is 2.98. The molecule has 5 nitrogen and oxygen atoms in total. The first-order chi connectivity index (χ1) is 10.8. The van der Waals surface area contributed by atoms with Gasteiger partial charge in [-0.25, -0.2) is 9.97 Å². The van der Waals surface area contributed by atoms with E-state index in [1.54, 1.807) is 13.4 Å². The maximum absolute atomic E-state index is 4.52. The zero-order valence-electron chi connectivity index (χ0n) is 12.0. The molecule has 0 spiro atoms. The molecular weight excluding hydrogens is 389 g/mol. The predicted molar refractivity (Wildman–Crippen MR) is 94.8 cm³/mol. The number of nitrogens with one attached hydrogen (secondary N) is 1. The van der Waals surface area contributed by atoms with Crippen LogP contribution in [0.25, 0.3) is 22.5 Å². The lowest BCUT2D eigenvalue weighted by Crippen LogP contribution is -2.18. The van der Waals surface area contributed by atoms with Crippen LogP contribution in [0.4, 0.5) is 5.82 Å². The Kier molecular flexibility index (Phi) is 3.33. The lowest BCUT2D eigenvalue weighted by atomic mass is 10.1. The molecule has 0 saturated heterocycles. The van der Waals surface area contributed by atoms with Gasteiger partial charge in [-0.1, -0.05) is 30.3 Å². The second-order valence-electron chi connectivity index (χ2n) is 5.10. The summed E-state index contributed by atoms with van der Waals surface area (Å²) in [6.07, 6.45) is 1.59. The summed E-state index contributed by atoms with van der Waals surface area (Å²) in [7, 11) is 1.77. The minimum atomic E-state index is 0.737. The largest absolute Gasteiger partial charge is 0.369 e. The molecule has 0 radical (unpaired) electrons. The number of fused-ring (bicyclic) bond motifs is 3. The molecule has 0 aliphatic carbocycles. The van der Waals surface area contributed by atoms with E-state index in [1.807, 2.05) is 6.07 Å². The van der Waals surface area contributed by atoms with E-state index in [0.29, 0.717) is 0 Å². The Hall–Kier alpha value is -1.96. The fraction of sp³-hybridized carbons (Fsp3) is 0.188. The van der Waals surface area contributed by atoms with Crippen molar-refractivity contribution in [3.8, 4) is 22.5 Å². The minimum absolute atomic E-state index is 0.737. The Morgan fingerprint density at radius 1 is 1.23 bits per heavy atom. The molecular formula is C16H14IN5. The molecule has 0 saturated carbocycles. The van der Waals surface area contributed by atoms with Crippen LogP contribution < -0.4 is 10.8 Å². The zero-order valence-corrected chi connectivity index (χ0v) is 14.2. The summed E-state index contributed by atoms with van der Waals surface area (Å²) < 4.78 is 3.45. The van der Waals surface area contributed by atoms with Crippen molar-refractivity contribution >= 4 is 28.4 Å². The van der Waals surface area contributed by atoms with Crippen molar-refractivity contribution in [2.24, 2.45) is 4.99 Å². The second-order valence-corrected chi connectivity index (χ2v) is 6.18. The second kappa shape index (κ2) is 5.35. The van der Waals surface area contributed by atoms with E-state index in [9.17, 15) is 0 Å². The highest BCUT2D eigenvalue weighted by atomic mass is 127. The quantitative estimate of drug-likeness (QED) is 0.636. The van der Waals surface area contributed by atoms with Gasteiger partial charge in [-0.3, -0.25) is 4.99 Å². The van der Waals surface area contributed by atoms with Gasteiger partial charge in [0.25, 0.3) is 0 Å². The maximum atomic E-state index is 4.52. The standard InChI is InChI=1S/C16H14IN5/c1-18-15-11-13(20-9-21-15)12(17)14(10-5-3-2-4-6-10)22-8-7-19-16(11)22/h2-6,9,19H,7-8H2,1H3. The summed E-state index contributed by atoms with van der Waals surface area (Å²) >= 11 is 2.39. The molecule has 1 aromatic carbocycles. The number of nitrogens with zero attached hydrogens (tertiary/aromatic N) is 4. The fourth-order valence-corrected chi connectivity index (χ4v) is 3.99. The first kappa shape index (κ1) is 13.7. The summed E-state index contributed by atoms with van der Waals surface area (Å²) in [5, 5.41) is 3.47. The number of benzene rings is 1. The van der Waals surface area contributed by atoms with Crippen molar-refractivity contribution in [1.82, 2.24) is 14.5 Å². The summed E-state index contributed by atoms with van der Waals surface area (Å²) in [4.78, 5) is 13.1. The average Bonchev–Trinajstić information content (AvgIpc) is 3.04. The van der Waals surface area contributed by atoms with E-state index < -0.39 is 0 Å². The SMILES string of the molecule is CN=c1ncnc2c(I)c(-c3ccccc3)n3c(c1-2)NCC3. The zero-order chi connectivity index (χ0) is 15.1. The van der Waals surface area contributed by atoms with Gasteiger partial charge in [-0.2, -0.15) is 0 Å². The van der Waals surface area contributed by atoms with Gasteiger partial charge in [-0.05, 0) is 28.2 Å². The number of anilines is 1. The Bertz CT molecular complexity index is 885. The van der Waals surface area contributed by atoms with Crippen LogP contribution in [0.15, 0.2) is 41.7 Å². The van der Waals surface area contributed by atoms with Crippen LogP contribution in [0.3, 0.4) is 0 Å². The van der Waals surface area contributed by atoms with Crippen molar-refractivity contribution < 1.29 is 0 Å². The van der Waals surface area contributed by atoms with Gasteiger partial charge in [0.05, 0.1) is 20.5 Å². The third-order valence-corrected chi connectivity index (χ3v) is 4.93. The number of hydrogen-bond acceptors (Lipinski definition) is 4. The number of rotatable bonds is 1. The van der Waals surface area contributed by atoms with Crippen molar-refractivity contribution in [2.75, 3.05) is 18.9 Å². The number of pyridine rings is 1. The van der Waals surface area contributed by atoms with Gasteiger partial charge in [0, 0.05) is 20.1 Å². The van der Waals surface area contributed by atoms with Crippen LogP contribution in [-0.4, -0.2) is 28.1 Å². The van der Waals surface area contributed by atoms with Gasteiger partial charge >= 0.3 is 0 Å². The van der Waals surface area contributed by atoms with Gasteiger partial charge in [0.2, 0.25) is 0 Å². The van der Waals surface area contributed by atoms with Crippen LogP contribution in [-0.2, 0) is 6.54 Å². The highest BCUT2D eigenvalue weighted by Gasteiger charge is 2.27. The van der Waals surface area contributed by atoms with E-state index in [2.05, 4.69) is 71.7 Å². The number of hydrogen-bond donors (Lipinski definition) is 1. The molecule has 3 heterocycles. The highest BCUT2D eigenvalue weighted by Crippen LogP contribution is 2.39. The van der Waals surface area contributed by atoms with Crippen molar-refractivity contribution in [1.29, 1.82) is 0 Å². The van der Waals surface area contributed by atoms with Crippen LogP contribution >= 0.6 is 22.6 Å². The molecule has 110 valence electrons. The molecule has 3 aliphatic heterocycles. The molecule has 4 rings (SSSR count). The molecule has 0 atom stereocenters. The van der Waals surface area contributed by atoms with Gasteiger partial charge in [0.15, 0.2) is 5.49 Å². The summed E-state index contributed by atoms with van der Waals surface area (Å²) in [6, 6.07) is 10.5.